The average Bonchev–Trinajstić information content (AvgIpc) is 2.22. The number of benzene rings is 1. The predicted octanol–water partition coefficient (Wildman–Crippen LogP) is 3.30. The lowest BCUT2D eigenvalue weighted by Gasteiger charge is -2.09. The summed E-state index contributed by atoms with van der Waals surface area (Å²) in [6.45, 7) is 4.07. The van der Waals surface area contributed by atoms with E-state index in [0.717, 1.165) is 4.90 Å². The Bertz CT molecular complexity index is 381. The molecule has 1 aromatic rings. The Morgan fingerprint density at radius 2 is 2.31 bits per heavy atom. The fraction of sp³-hybridized carbons (Fsp3) is 0.364. The minimum absolute atomic E-state index is 0.492. The van der Waals surface area contributed by atoms with Crippen LogP contribution in [-0.2, 0) is 4.79 Å². The molecule has 1 unspecified atom stereocenters. The van der Waals surface area contributed by atoms with Crippen molar-refractivity contribution < 1.29 is 14.6 Å². The van der Waals surface area contributed by atoms with Crippen LogP contribution in [0.5, 0.6) is 5.75 Å². The van der Waals surface area contributed by atoms with Crippen molar-refractivity contribution in [3.05, 3.63) is 23.2 Å². The number of carboxylic acid groups (broad SMARTS) is 1. The van der Waals surface area contributed by atoms with Crippen molar-refractivity contribution in [1.29, 1.82) is 0 Å². The molecule has 1 N–H and O–H groups in total. The van der Waals surface area contributed by atoms with Crippen LogP contribution in [-0.4, -0.2) is 22.9 Å². The first-order valence-electron chi connectivity index (χ1n) is 4.86. The number of hydrogen-bond donors (Lipinski definition) is 1. The van der Waals surface area contributed by atoms with Crippen LogP contribution in [0.15, 0.2) is 23.1 Å². The topological polar surface area (TPSA) is 46.5 Å². The molecule has 3 nitrogen and oxygen atoms in total. The SMILES string of the molecule is CCOc1ccc(SC(C)C(=O)O)cc1Cl. The molecule has 0 bridgehead atoms. The van der Waals surface area contributed by atoms with E-state index in [-0.39, 0.29) is 0 Å². The third kappa shape index (κ3) is 3.61. The standard InChI is InChI=1S/C11H13ClO3S/c1-3-15-10-5-4-8(6-9(10)12)16-7(2)11(13)14/h4-7H,3H2,1-2H3,(H,13,14). The van der Waals surface area contributed by atoms with Gasteiger partial charge in [-0.25, -0.2) is 0 Å². The predicted molar refractivity (Wildman–Crippen MR) is 65.6 cm³/mol. The van der Waals surface area contributed by atoms with Gasteiger partial charge in [0.25, 0.3) is 0 Å². The summed E-state index contributed by atoms with van der Waals surface area (Å²) >= 11 is 7.24. The van der Waals surface area contributed by atoms with Crippen molar-refractivity contribution in [3.63, 3.8) is 0 Å². The van der Waals surface area contributed by atoms with Gasteiger partial charge in [0.15, 0.2) is 0 Å². The van der Waals surface area contributed by atoms with Gasteiger partial charge in [-0.15, -0.1) is 11.8 Å². The van der Waals surface area contributed by atoms with Crippen LogP contribution < -0.4 is 4.74 Å². The molecule has 0 aromatic heterocycles. The molecule has 0 radical (unpaired) electrons. The Morgan fingerprint density at radius 3 is 2.81 bits per heavy atom. The van der Waals surface area contributed by atoms with Crippen molar-refractivity contribution in [2.24, 2.45) is 0 Å². The van der Waals surface area contributed by atoms with Gasteiger partial charge in [0.1, 0.15) is 11.0 Å². The molecule has 1 rings (SSSR count). The van der Waals surface area contributed by atoms with Crippen LogP contribution in [0, 0.1) is 0 Å². The minimum Gasteiger partial charge on any atom is -0.492 e. The maximum atomic E-state index is 10.7. The summed E-state index contributed by atoms with van der Waals surface area (Å²) in [5.41, 5.74) is 0. The van der Waals surface area contributed by atoms with E-state index in [1.807, 2.05) is 6.92 Å². The molecule has 1 atom stereocenters. The van der Waals surface area contributed by atoms with Crippen LogP contribution in [0.4, 0.5) is 0 Å². The number of hydrogen-bond acceptors (Lipinski definition) is 3. The van der Waals surface area contributed by atoms with Crippen molar-refractivity contribution in [1.82, 2.24) is 0 Å². The van der Waals surface area contributed by atoms with Gasteiger partial charge in [-0.3, -0.25) is 4.79 Å². The summed E-state index contributed by atoms with van der Waals surface area (Å²) in [5.74, 6) is -0.216. The zero-order chi connectivity index (χ0) is 12.1. The van der Waals surface area contributed by atoms with E-state index >= 15 is 0 Å². The van der Waals surface area contributed by atoms with E-state index in [4.69, 9.17) is 21.4 Å². The van der Waals surface area contributed by atoms with Gasteiger partial charge in [0.2, 0.25) is 0 Å². The van der Waals surface area contributed by atoms with Crippen LogP contribution >= 0.6 is 23.4 Å². The van der Waals surface area contributed by atoms with Crippen LogP contribution in [0.2, 0.25) is 5.02 Å². The van der Waals surface area contributed by atoms with Crippen LogP contribution in [0.1, 0.15) is 13.8 Å². The van der Waals surface area contributed by atoms with E-state index < -0.39 is 11.2 Å². The zero-order valence-corrected chi connectivity index (χ0v) is 10.6. The van der Waals surface area contributed by atoms with Gasteiger partial charge >= 0.3 is 5.97 Å². The molecular weight excluding hydrogens is 248 g/mol. The molecular formula is C11H13ClO3S. The first-order chi connectivity index (χ1) is 7.54. The number of rotatable bonds is 5. The molecule has 0 fully saturated rings. The second-order valence-electron chi connectivity index (χ2n) is 3.12. The average molecular weight is 261 g/mol. The summed E-state index contributed by atoms with van der Waals surface area (Å²) in [5, 5.41) is 8.79. The molecule has 5 heteroatoms. The molecule has 0 saturated carbocycles. The Labute approximate surface area is 104 Å². The van der Waals surface area contributed by atoms with E-state index in [1.165, 1.54) is 11.8 Å². The maximum Gasteiger partial charge on any atom is 0.316 e. The molecule has 0 aliphatic carbocycles. The maximum absolute atomic E-state index is 10.7. The highest BCUT2D eigenvalue weighted by Gasteiger charge is 2.13. The first kappa shape index (κ1) is 13.2. The number of aliphatic carboxylic acids is 1. The van der Waals surface area contributed by atoms with Crippen molar-refractivity contribution in [2.75, 3.05) is 6.61 Å². The summed E-state index contributed by atoms with van der Waals surface area (Å²) in [7, 11) is 0. The number of carboxylic acids is 1. The number of halogens is 1. The van der Waals surface area contributed by atoms with E-state index in [0.29, 0.717) is 17.4 Å². The molecule has 0 amide bonds. The van der Waals surface area contributed by atoms with Gasteiger partial charge in [-0.05, 0) is 32.0 Å². The highest BCUT2D eigenvalue weighted by molar-refractivity contribution is 8.00. The largest absolute Gasteiger partial charge is 0.492 e. The molecule has 1 aromatic carbocycles. The summed E-state index contributed by atoms with van der Waals surface area (Å²) in [4.78, 5) is 11.5. The fourth-order valence-corrected chi connectivity index (χ4v) is 2.22. The summed E-state index contributed by atoms with van der Waals surface area (Å²) in [6.07, 6.45) is 0. The lowest BCUT2D eigenvalue weighted by molar-refractivity contribution is -0.136. The van der Waals surface area contributed by atoms with Gasteiger partial charge in [-0.2, -0.15) is 0 Å². The normalized spacial score (nSPS) is 12.2. The fourth-order valence-electron chi connectivity index (χ4n) is 1.08. The molecule has 0 aliphatic heterocycles. The molecule has 0 saturated heterocycles. The Balaban J connectivity index is 2.77. The third-order valence-electron chi connectivity index (χ3n) is 1.86. The highest BCUT2D eigenvalue weighted by atomic mass is 35.5. The van der Waals surface area contributed by atoms with Gasteiger partial charge in [-0.1, -0.05) is 11.6 Å². The van der Waals surface area contributed by atoms with Gasteiger partial charge < -0.3 is 9.84 Å². The number of thioether (sulfide) groups is 1. The zero-order valence-electron chi connectivity index (χ0n) is 9.07. The van der Waals surface area contributed by atoms with Gasteiger partial charge in [0, 0.05) is 4.90 Å². The Morgan fingerprint density at radius 1 is 1.62 bits per heavy atom. The monoisotopic (exact) mass is 260 g/mol. The Hall–Kier alpha value is -0.870. The summed E-state index contributed by atoms with van der Waals surface area (Å²) in [6, 6.07) is 5.28. The number of ether oxygens (including phenoxy) is 1. The van der Waals surface area contributed by atoms with Crippen molar-refractivity contribution >= 4 is 29.3 Å². The second kappa shape index (κ2) is 6.01. The van der Waals surface area contributed by atoms with Crippen LogP contribution in [0.3, 0.4) is 0 Å². The van der Waals surface area contributed by atoms with Crippen LogP contribution in [0.25, 0.3) is 0 Å². The molecule has 0 aliphatic rings. The van der Waals surface area contributed by atoms with E-state index in [2.05, 4.69) is 0 Å². The summed E-state index contributed by atoms with van der Waals surface area (Å²) < 4.78 is 5.29. The van der Waals surface area contributed by atoms with Crippen molar-refractivity contribution in [3.8, 4) is 5.75 Å². The first-order valence-corrected chi connectivity index (χ1v) is 6.12. The smallest absolute Gasteiger partial charge is 0.316 e. The highest BCUT2D eigenvalue weighted by Crippen LogP contribution is 2.31. The molecule has 88 valence electrons. The molecule has 16 heavy (non-hydrogen) atoms. The quantitative estimate of drug-likeness (QED) is 0.825. The van der Waals surface area contributed by atoms with Gasteiger partial charge in [0.05, 0.1) is 11.6 Å². The lowest BCUT2D eigenvalue weighted by atomic mass is 10.3. The number of carbonyl (C=O) groups is 1. The lowest BCUT2D eigenvalue weighted by Crippen LogP contribution is -2.10. The van der Waals surface area contributed by atoms with E-state index in [9.17, 15) is 4.79 Å². The minimum atomic E-state index is -0.838. The Kier molecular flexibility index (Phi) is 4.96. The third-order valence-corrected chi connectivity index (χ3v) is 3.24. The molecule has 0 heterocycles. The second-order valence-corrected chi connectivity index (χ2v) is 4.94. The molecule has 0 spiro atoms. The van der Waals surface area contributed by atoms with Crippen molar-refractivity contribution in [2.45, 2.75) is 24.0 Å². The van der Waals surface area contributed by atoms with E-state index in [1.54, 1.807) is 25.1 Å².